The molecule has 0 bridgehead atoms. The Morgan fingerprint density at radius 1 is 1.16 bits per heavy atom. The van der Waals surface area contributed by atoms with E-state index in [9.17, 15) is 20.0 Å². The van der Waals surface area contributed by atoms with Crippen molar-refractivity contribution in [1.82, 2.24) is 0 Å². The van der Waals surface area contributed by atoms with Crippen molar-refractivity contribution in [3.8, 4) is 17.1 Å². The molecular formula is C18H14N2O5. The number of nitro benzene ring substituents is 1. The van der Waals surface area contributed by atoms with E-state index in [2.05, 4.69) is 5.32 Å². The summed E-state index contributed by atoms with van der Waals surface area (Å²) in [6.07, 6.45) is 0. The number of nitrogens with one attached hydrogen (secondary N) is 1. The molecule has 1 amide bonds. The molecule has 2 aromatic carbocycles. The van der Waals surface area contributed by atoms with Crippen molar-refractivity contribution in [2.24, 2.45) is 0 Å². The van der Waals surface area contributed by atoms with Crippen LogP contribution in [0.3, 0.4) is 0 Å². The van der Waals surface area contributed by atoms with Gasteiger partial charge in [-0.1, -0.05) is 12.1 Å². The molecule has 3 aromatic rings. The minimum Gasteiger partial charge on any atom is -0.506 e. The van der Waals surface area contributed by atoms with Crippen LogP contribution in [0, 0.1) is 17.0 Å². The number of amides is 1. The Hall–Kier alpha value is -3.61. The van der Waals surface area contributed by atoms with Gasteiger partial charge >= 0.3 is 0 Å². The predicted octanol–water partition coefficient (Wildman–Crippen LogP) is 4.12. The first-order valence-corrected chi connectivity index (χ1v) is 7.40. The average molecular weight is 338 g/mol. The van der Waals surface area contributed by atoms with Crippen LogP contribution in [-0.4, -0.2) is 15.9 Å². The lowest BCUT2D eigenvalue weighted by molar-refractivity contribution is -0.384. The summed E-state index contributed by atoms with van der Waals surface area (Å²) >= 11 is 0. The van der Waals surface area contributed by atoms with Crippen LogP contribution in [0.5, 0.6) is 5.75 Å². The highest BCUT2D eigenvalue weighted by molar-refractivity contribution is 6.03. The third-order valence-electron chi connectivity index (χ3n) is 3.67. The fourth-order valence-corrected chi connectivity index (χ4v) is 2.41. The molecule has 7 nitrogen and oxygen atoms in total. The van der Waals surface area contributed by atoms with Crippen molar-refractivity contribution >= 4 is 17.3 Å². The van der Waals surface area contributed by atoms with E-state index in [-0.39, 0.29) is 22.9 Å². The van der Waals surface area contributed by atoms with Crippen LogP contribution in [0.4, 0.5) is 11.4 Å². The van der Waals surface area contributed by atoms with E-state index in [0.29, 0.717) is 16.9 Å². The number of aromatic hydroxyl groups is 1. The first-order valence-electron chi connectivity index (χ1n) is 7.40. The molecule has 1 heterocycles. The van der Waals surface area contributed by atoms with Gasteiger partial charge in [0, 0.05) is 17.7 Å². The summed E-state index contributed by atoms with van der Waals surface area (Å²) in [7, 11) is 0. The molecule has 0 aliphatic heterocycles. The molecular weight excluding hydrogens is 324 g/mol. The van der Waals surface area contributed by atoms with Gasteiger partial charge in [-0.25, -0.2) is 0 Å². The van der Waals surface area contributed by atoms with Crippen LogP contribution in [0.2, 0.25) is 0 Å². The number of carbonyl (C=O) groups is 1. The zero-order chi connectivity index (χ0) is 18.0. The molecule has 2 N–H and O–H groups in total. The molecule has 0 saturated carbocycles. The number of furan rings is 1. The SMILES string of the molecule is Cc1cc([N+](=O)[O-])ccc1-c1ccc(C(=O)Nc2ccccc2O)o1. The van der Waals surface area contributed by atoms with Gasteiger partial charge in [-0.3, -0.25) is 14.9 Å². The van der Waals surface area contributed by atoms with Crippen molar-refractivity contribution in [2.45, 2.75) is 6.92 Å². The molecule has 1 aromatic heterocycles. The van der Waals surface area contributed by atoms with E-state index in [4.69, 9.17) is 4.42 Å². The highest BCUT2D eigenvalue weighted by Crippen LogP contribution is 2.29. The number of non-ortho nitro benzene ring substituents is 1. The number of nitrogens with zero attached hydrogens (tertiary/aromatic N) is 1. The minimum absolute atomic E-state index is 0.00896. The van der Waals surface area contributed by atoms with Gasteiger partial charge in [0.05, 0.1) is 10.6 Å². The van der Waals surface area contributed by atoms with E-state index in [1.54, 1.807) is 37.3 Å². The van der Waals surface area contributed by atoms with E-state index < -0.39 is 10.8 Å². The minimum atomic E-state index is -0.507. The van der Waals surface area contributed by atoms with Crippen LogP contribution in [-0.2, 0) is 0 Å². The number of benzene rings is 2. The quantitative estimate of drug-likeness (QED) is 0.423. The molecule has 0 aliphatic rings. The monoisotopic (exact) mass is 338 g/mol. The summed E-state index contributed by atoms with van der Waals surface area (Å²) in [6, 6.07) is 13.9. The Balaban J connectivity index is 1.84. The first-order chi connectivity index (χ1) is 12.0. The Bertz CT molecular complexity index is 962. The number of para-hydroxylation sites is 2. The van der Waals surface area contributed by atoms with Crippen LogP contribution in [0.1, 0.15) is 16.1 Å². The lowest BCUT2D eigenvalue weighted by Crippen LogP contribution is -2.10. The number of hydrogen-bond acceptors (Lipinski definition) is 5. The van der Waals surface area contributed by atoms with Crippen LogP contribution in [0.15, 0.2) is 59.0 Å². The zero-order valence-corrected chi connectivity index (χ0v) is 13.2. The number of phenolic OH excluding ortho intramolecular Hbond substituents is 1. The Morgan fingerprint density at radius 3 is 2.60 bits per heavy atom. The molecule has 0 fully saturated rings. The normalized spacial score (nSPS) is 10.4. The number of hydrogen-bond donors (Lipinski definition) is 2. The molecule has 0 aliphatic carbocycles. The maximum atomic E-state index is 12.2. The average Bonchev–Trinajstić information content (AvgIpc) is 3.06. The van der Waals surface area contributed by atoms with Gasteiger partial charge in [0.1, 0.15) is 11.5 Å². The predicted molar refractivity (Wildman–Crippen MR) is 91.6 cm³/mol. The van der Waals surface area contributed by atoms with E-state index in [0.717, 1.165) is 0 Å². The number of aryl methyl sites for hydroxylation is 1. The summed E-state index contributed by atoms with van der Waals surface area (Å²) in [6.45, 7) is 1.73. The second-order valence-corrected chi connectivity index (χ2v) is 5.39. The molecule has 126 valence electrons. The third-order valence-corrected chi connectivity index (χ3v) is 3.67. The van der Waals surface area contributed by atoms with Crippen molar-refractivity contribution in [1.29, 1.82) is 0 Å². The van der Waals surface area contributed by atoms with Gasteiger partial charge in [0.25, 0.3) is 11.6 Å². The van der Waals surface area contributed by atoms with E-state index >= 15 is 0 Å². The largest absolute Gasteiger partial charge is 0.506 e. The smallest absolute Gasteiger partial charge is 0.291 e. The molecule has 0 unspecified atom stereocenters. The molecule has 0 radical (unpaired) electrons. The fraction of sp³-hybridized carbons (Fsp3) is 0.0556. The van der Waals surface area contributed by atoms with Gasteiger partial charge in [0.15, 0.2) is 5.76 Å². The number of phenols is 1. The summed E-state index contributed by atoms with van der Waals surface area (Å²) < 4.78 is 5.56. The fourth-order valence-electron chi connectivity index (χ4n) is 2.41. The molecule has 7 heteroatoms. The molecule has 0 spiro atoms. The number of anilines is 1. The second kappa shape index (κ2) is 6.48. The molecule has 25 heavy (non-hydrogen) atoms. The van der Waals surface area contributed by atoms with Crippen molar-refractivity contribution in [3.05, 3.63) is 76.0 Å². The summed E-state index contributed by atoms with van der Waals surface area (Å²) in [5.41, 5.74) is 1.59. The van der Waals surface area contributed by atoms with Crippen LogP contribution >= 0.6 is 0 Å². The standard InChI is InChI=1S/C18H14N2O5/c1-11-10-12(20(23)24)6-7-13(11)16-8-9-17(25-16)18(22)19-14-4-2-3-5-15(14)21/h2-10,21H,1H3,(H,19,22). The van der Waals surface area contributed by atoms with Gasteiger partial charge in [-0.2, -0.15) is 0 Å². The summed E-state index contributed by atoms with van der Waals surface area (Å²) in [5, 5.41) is 23.1. The zero-order valence-electron chi connectivity index (χ0n) is 13.2. The summed E-state index contributed by atoms with van der Waals surface area (Å²) in [4.78, 5) is 22.6. The highest BCUT2D eigenvalue weighted by Gasteiger charge is 2.16. The lowest BCUT2D eigenvalue weighted by atomic mass is 10.1. The highest BCUT2D eigenvalue weighted by atomic mass is 16.6. The lowest BCUT2D eigenvalue weighted by Gasteiger charge is -2.05. The van der Waals surface area contributed by atoms with Crippen molar-refractivity contribution in [3.63, 3.8) is 0 Å². The second-order valence-electron chi connectivity index (χ2n) is 5.39. The Labute approximate surface area is 142 Å². The van der Waals surface area contributed by atoms with Gasteiger partial charge in [0.2, 0.25) is 0 Å². The Kier molecular flexibility index (Phi) is 4.21. The van der Waals surface area contributed by atoms with Crippen LogP contribution < -0.4 is 5.32 Å². The third kappa shape index (κ3) is 3.35. The van der Waals surface area contributed by atoms with E-state index in [1.165, 1.54) is 24.3 Å². The molecule has 0 atom stereocenters. The van der Waals surface area contributed by atoms with E-state index in [1.807, 2.05) is 0 Å². The first kappa shape index (κ1) is 16.3. The number of nitro groups is 1. The van der Waals surface area contributed by atoms with Gasteiger partial charge < -0.3 is 14.8 Å². The maximum absolute atomic E-state index is 12.2. The maximum Gasteiger partial charge on any atom is 0.291 e. The van der Waals surface area contributed by atoms with Crippen molar-refractivity contribution < 1.29 is 19.2 Å². The molecule has 3 rings (SSSR count). The number of rotatable bonds is 4. The number of carbonyl (C=O) groups excluding carboxylic acids is 1. The van der Waals surface area contributed by atoms with Crippen molar-refractivity contribution in [2.75, 3.05) is 5.32 Å². The van der Waals surface area contributed by atoms with Gasteiger partial charge in [-0.15, -0.1) is 0 Å². The van der Waals surface area contributed by atoms with Crippen LogP contribution in [0.25, 0.3) is 11.3 Å². The topological polar surface area (TPSA) is 106 Å². The Morgan fingerprint density at radius 2 is 1.92 bits per heavy atom. The molecule has 0 saturated heterocycles. The van der Waals surface area contributed by atoms with Gasteiger partial charge in [-0.05, 0) is 42.8 Å². The summed E-state index contributed by atoms with van der Waals surface area (Å²) in [5.74, 6) is -0.0630.